The summed E-state index contributed by atoms with van der Waals surface area (Å²) in [6.45, 7) is 4.91. The molecule has 0 bridgehead atoms. The second-order valence-electron chi connectivity index (χ2n) is 8.49. The van der Waals surface area contributed by atoms with Gasteiger partial charge in [-0.3, -0.25) is 4.79 Å². The van der Waals surface area contributed by atoms with Crippen LogP contribution in [0.15, 0.2) is 71.6 Å². The van der Waals surface area contributed by atoms with Crippen molar-refractivity contribution in [2.45, 2.75) is 31.2 Å². The van der Waals surface area contributed by atoms with Gasteiger partial charge < -0.3 is 16.0 Å². The molecular weight excluding hydrogens is 457 g/mol. The fourth-order valence-corrected chi connectivity index (χ4v) is 4.14. The van der Waals surface area contributed by atoms with Crippen molar-refractivity contribution in [2.75, 3.05) is 16.9 Å². The quantitative estimate of drug-likeness (QED) is 0.471. The molecule has 3 amide bonds. The predicted molar refractivity (Wildman–Crippen MR) is 131 cm³/mol. The predicted octanol–water partition coefficient (Wildman–Crippen LogP) is 4.74. The molecular formula is C25H26FN3O4S. The molecule has 0 spiro atoms. The molecule has 3 aromatic carbocycles. The topological polar surface area (TPSA) is 104 Å². The van der Waals surface area contributed by atoms with Crippen LogP contribution in [0.2, 0.25) is 0 Å². The summed E-state index contributed by atoms with van der Waals surface area (Å²) in [5.74, 6) is -1.37. The number of anilines is 2. The molecule has 9 heteroatoms. The molecule has 0 atom stereocenters. The molecule has 0 saturated heterocycles. The zero-order valence-electron chi connectivity index (χ0n) is 19.3. The lowest BCUT2D eigenvalue weighted by molar-refractivity contribution is -0.120. The smallest absolute Gasteiger partial charge is 0.320 e. The van der Waals surface area contributed by atoms with Gasteiger partial charge in [-0.15, -0.1) is 0 Å². The van der Waals surface area contributed by atoms with Crippen molar-refractivity contribution in [3.8, 4) is 11.1 Å². The van der Waals surface area contributed by atoms with E-state index in [0.717, 1.165) is 17.9 Å². The number of hydrogen-bond acceptors (Lipinski definition) is 4. The van der Waals surface area contributed by atoms with Gasteiger partial charge in [0.15, 0.2) is 9.84 Å². The number of urea groups is 1. The van der Waals surface area contributed by atoms with Crippen LogP contribution in [0, 0.1) is 12.7 Å². The van der Waals surface area contributed by atoms with Crippen molar-refractivity contribution in [1.82, 2.24) is 5.32 Å². The maximum Gasteiger partial charge on any atom is 0.320 e. The van der Waals surface area contributed by atoms with E-state index in [4.69, 9.17) is 0 Å². The van der Waals surface area contributed by atoms with Gasteiger partial charge in [-0.05, 0) is 56.7 Å². The van der Waals surface area contributed by atoms with Gasteiger partial charge >= 0.3 is 6.03 Å². The van der Waals surface area contributed by atoms with Crippen LogP contribution in [0.5, 0.6) is 0 Å². The number of hydrogen-bond donors (Lipinski definition) is 3. The van der Waals surface area contributed by atoms with E-state index in [1.54, 1.807) is 30.3 Å². The van der Waals surface area contributed by atoms with Crippen molar-refractivity contribution in [1.29, 1.82) is 0 Å². The first-order chi connectivity index (χ1) is 15.9. The Morgan fingerprint density at radius 3 is 2.18 bits per heavy atom. The molecule has 34 heavy (non-hydrogen) atoms. The molecule has 0 fully saturated rings. The monoisotopic (exact) mass is 483 g/mol. The Morgan fingerprint density at radius 1 is 0.912 bits per heavy atom. The Bertz CT molecular complexity index is 1340. The molecule has 0 saturated carbocycles. The number of benzene rings is 3. The van der Waals surface area contributed by atoms with Crippen LogP contribution >= 0.6 is 0 Å². The molecule has 3 rings (SSSR count). The molecule has 7 nitrogen and oxygen atoms in total. The summed E-state index contributed by atoms with van der Waals surface area (Å²) in [4.78, 5) is 25.2. The number of carbonyl (C=O) groups excluding carboxylic acids is 2. The van der Waals surface area contributed by atoms with Crippen LogP contribution in [0.3, 0.4) is 0 Å². The third-order valence-electron chi connectivity index (χ3n) is 5.12. The molecule has 0 radical (unpaired) electrons. The highest BCUT2D eigenvalue weighted by molar-refractivity contribution is 7.90. The van der Waals surface area contributed by atoms with Gasteiger partial charge in [-0.25, -0.2) is 17.6 Å². The average Bonchev–Trinajstić information content (AvgIpc) is 2.75. The number of nitrogens with one attached hydrogen (secondary N) is 3. The van der Waals surface area contributed by atoms with Crippen molar-refractivity contribution < 1.29 is 22.4 Å². The summed E-state index contributed by atoms with van der Waals surface area (Å²) < 4.78 is 39.0. The van der Waals surface area contributed by atoms with E-state index < -0.39 is 33.1 Å². The van der Waals surface area contributed by atoms with Gasteiger partial charge in [0, 0.05) is 17.5 Å². The van der Waals surface area contributed by atoms with Gasteiger partial charge in [-0.2, -0.15) is 0 Å². The van der Waals surface area contributed by atoms with E-state index in [1.807, 2.05) is 19.1 Å². The minimum atomic E-state index is -3.52. The number of amides is 3. The Morgan fingerprint density at radius 2 is 1.56 bits per heavy atom. The maximum atomic E-state index is 14.8. The minimum absolute atomic E-state index is 0.0797. The first kappa shape index (κ1) is 24.9. The van der Waals surface area contributed by atoms with Crippen LogP contribution in [0.4, 0.5) is 20.6 Å². The number of rotatable bonds is 6. The van der Waals surface area contributed by atoms with Crippen LogP contribution in [-0.4, -0.2) is 32.2 Å². The Labute approximate surface area is 198 Å². The van der Waals surface area contributed by atoms with Crippen LogP contribution in [-0.2, 0) is 14.6 Å². The van der Waals surface area contributed by atoms with E-state index in [0.29, 0.717) is 16.8 Å². The number of halogens is 1. The zero-order valence-corrected chi connectivity index (χ0v) is 20.1. The highest BCUT2D eigenvalue weighted by Crippen LogP contribution is 2.30. The number of carbonyl (C=O) groups is 2. The van der Waals surface area contributed by atoms with Crippen LogP contribution in [0.25, 0.3) is 11.1 Å². The summed E-state index contributed by atoms with van der Waals surface area (Å²) in [5.41, 5.74) is 0.860. The van der Waals surface area contributed by atoms with E-state index in [2.05, 4.69) is 16.0 Å². The molecule has 0 aromatic heterocycles. The number of aryl methyl sites for hydroxylation is 1. The lowest BCUT2D eigenvalue weighted by Gasteiger charge is -2.25. The van der Waals surface area contributed by atoms with Crippen molar-refractivity contribution in [3.05, 3.63) is 78.1 Å². The van der Waals surface area contributed by atoms with Gasteiger partial charge in [0.1, 0.15) is 11.4 Å². The molecule has 3 N–H and O–H groups in total. The summed E-state index contributed by atoms with van der Waals surface area (Å²) >= 11 is 0. The largest absolute Gasteiger partial charge is 0.324 e. The van der Waals surface area contributed by atoms with Gasteiger partial charge in [0.25, 0.3) is 0 Å². The van der Waals surface area contributed by atoms with Crippen LogP contribution in [0.1, 0.15) is 19.4 Å². The Balaban J connectivity index is 1.73. The fraction of sp³-hybridized carbons (Fsp3) is 0.200. The maximum absolute atomic E-state index is 14.8. The third kappa shape index (κ3) is 5.99. The molecule has 0 unspecified atom stereocenters. The molecule has 0 aliphatic carbocycles. The first-order valence-corrected chi connectivity index (χ1v) is 12.3. The molecule has 0 aliphatic heterocycles. The molecule has 0 heterocycles. The van der Waals surface area contributed by atoms with Crippen molar-refractivity contribution in [2.24, 2.45) is 0 Å². The van der Waals surface area contributed by atoms with Gasteiger partial charge in [0.05, 0.1) is 10.6 Å². The third-order valence-corrected chi connectivity index (χ3v) is 6.27. The summed E-state index contributed by atoms with van der Waals surface area (Å²) in [7, 11) is -3.52. The van der Waals surface area contributed by atoms with E-state index in [-0.39, 0.29) is 10.6 Å². The molecule has 0 aliphatic rings. The van der Waals surface area contributed by atoms with E-state index >= 15 is 0 Å². The zero-order chi connectivity index (χ0) is 25.1. The van der Waals surface area contributed by atoms with Gasteiger partial charge in [0.2, 0.25) is 5.91 Å². The second-order valence-corrected chi connectivity index (χ2v) is 10.5. The lowest BCUT2D eigenvalue weighted by Crippen LogP contribution is -2.53. The SMILES string of the molecule is Cc1ccc(NC(=O)NC(C)(C)C(=O)Nc2ccc(-c3ccccc3S(C)(=O)=O)cc2F)cc1. The van der Waals surface area contributed by atoms with Crippen LogP contribution < -0.4 is 16.0 Å². The van der Waals surface area contributed by atoms with Gasteiger partial charge in [-0.1, -0.05) is 42.0 Å². The Hall–Kier alpha value is -3.72. The molecule has 3 aromatic rings. The average molecular weight is 484 g/mol. The normalized spacial score (nSPS) is 11.6. The van der Waals surface area contributed by atoms with E-state index in [1.165, 1.54) is 32.0 Å². The Kier molecular flexibility index (Phi) is 7.07. The lowest BCUT2D eigenvalue weighted by atomic mass is 10.0. The summed E-state index contributed by atoms with van der Waals surface area (Å²) in [6.07, 6.45) is 1.08. The number of sulfone groups is 1. The summed E-state index contributed by atoms with van der Waals surface area (Å²) in [5, 5.41) is 7.69. The molecule has 178 valence electrons. The summed E-state index contributed by atoms with van der Waals surface area (Å²) in [6, 6.07) is 16.9. The highest BCUT2D eigenvalue weighted by Gasteiger charge is 2.30. The standard InChI is InChI=1S/C25H26FN3O4S/c1-16-9-12-18(13-10-16)27-24(31)29-25(2,3)23(30)28-21-14-11-17(15-20(21)26)19-7-5-6-8-22(19)34(4,32)33/h5-15H,1-4H3,(H,28,30)(H2,27,29,31). The van der Waals surface area contributed by atoms with E-state index in [9.17, 15) is 22.4 Å². The minimum Gasteiger partial charge on any atom is -0.324 e. The first-order valence-electron chi connectivity index (χ1n) is 10.4. The van der Waals surface area contributed by atoms with Crippen molar-refractivity contribution >= 4 is 33.2 Å². The second kappa shape index (κ2) is 9.64. The van der Waals surface area contributed by atoms with Crippen molar-refractivity contribution in [3.63, 3.8) is 0 Å². The highest BCUT2D eigenvalue weighted by atomic mass is 32.2. The fourth-order valence-electron chi connectivity index (χ4n) is 3.23.